The predicted molar refractivity (Wildman–Crippen MR) is 68.5 cm³/mol. The van der Waals surface area contributed by atoms with Gasteiger partial charge in [0, 0.05) is 11.9 Å². The number of ether oxygens (including phenoxy) is 1. The van der Waals surface area contributed by atoms with Gasteiger partial charge in [-0.15, -0.1) is 0 Å². The highest BCUT2D eigenvalue weighted by Crippen LogP contribution is 2.11. The fourth-order valence-corrected chi connectivity index (χ4v) is 1.45. The minimum atomic E-state index is -0.585. The van der Waals surface area contributed by atoms with E-state index in [1.165, 1.54) is 0 Å². The Morgan fingerprint density at radius 2 is 2.11 bits per heavy atom. The van der Waals surface area contributed by atoms with Crippen LogP contribution in [0.2, 0.25) is 0 Å². The zero-order valence-electron chi connectivity index (χ0n) is 10.3. The van der Waals surface area contributed by atoms with E-state index in [1.807, 2.05) is 25.1 Å². The number of amides is 1. The standard InChI is InChI=1S/C13H15N3O2/c1-9-8-14-13(15-9)16-12(17)10(2)18-11-6-4-3-5-7-11/h3-8,10H,1-2H3,(H2,14,15,16,17). The summed E-state index contributed by atoms with van der Waals surface area (Å²) < 4.78 is 5.50. The second-order valence-electron chi connectivity index (χ2n) is 3.98. The first kappa shape index (κ1) is 12.2. The Morgan fingerprint density at radius 1 is 1.39 bits per heavy atom. The van der Waals surface area contributed by atoms with Crippen LogP contribution >= 0.6 is 0 Å². The summed E-state index contributed by atoms with van der Waals surface area (Å²) in [5.41, 5.74) is 0.891. The molecule has 1 aromatic carbocycles. The minimum absolute atomic E-state index is 0.242. The Bertz CT molecular complexity index is 522. The van der Waals surface area contributed by atoms with Gasteiger partial charge >= 0.3 is 0 Å². The number of carbonyl (C=O) groups is 1. The van der Waals surface area contributed by atoms with Crippen LogP contribution in [-0.2, 0) is 4.79 Å². The van der Waals surface area contributed by atoms with Gasteiger partial charge in [-0.05, 0) is 26.0 Å². The largest absolute Gasteiger partial charge is 0.481 e. The van der Waals surface area contributed by atoms with Crippen molar-refractivity contribution in [2.24, 2.45) is 0 Å². The van der Waals surface area contributed by atoms with Crippen LogP contribution in [0, 0.1) is 6.92 Å². The fraction of sp³-hybridized carbons (Fsp3) is 0.231. The number of nitrogens with zero attached hydrogens (tertiary/aromatic N) is 1. The highest BCUT2D eigenvalue weighted by atomic mass is 16.5. The van der Waals surface area contributed by atoms with Crippen LogP contribution in [0.5, 0.6) is 5.75 Å². The second kappa shape index (κ2) is 5.35. The molecule has 5 heteroatoms. The molecule has 2 rings (SSSR count). The number of anilines is 1. The molecule has 0 bridgehead atoms. The maximum absolute atomic E-state index is 11.8. The number of H-pyrrole nitrogens is 1. The summed E-state index contributed by atoms with van der Waals surface area (Å²) in [4.78, 5) is 18.8. The predicted octanol–water partition coefficient (Wildman–Crippen LogP) is 2.12. The summed E-state index contributed by atoms with van der Waals surface area (Å²) in [5, 5.41) is 2.65. The molecule has 0 aliphatic heterocycles. The van der Waals surface area contributed by atoms with E-state index in [2.05, 4.69) is 15.3 Å². The summed E-state index contributed by atoms with van der Waals surface area (Å²) in [7, 11) is 0. The van der Waals surface area contributed by atoms with Gasteiger partial charge in [-0.2, -0.15) is 0 Å². The maximum atomic E-state index is 11.8. The van der Waals surface area contributed by atoms with Crippen molar-refractivity contribution in [2.75, 3.05) is 5.32 Å². The molecule has 2 N–H and O–H groups in total. The second-order valence-corrected chi connectivity index (χ2v) is 3.98. The van der Waals surface area contributed by atoms with E-state index in [4.69, 9.17) is 4.74 Å². The SMILES string of the molecule is Cc1cnc(NC(=O)C(C)Oc2ccccc2)[nH]1. The van der Waals surface area contributed by atoms with Crippen molar-refractivity contribution in [3.05, 3.63) is 42.2 Å². The third kappa shape index (κ3) is 3.10. The van der Waals surface area contributed by atoms with E-state index in [-0.39, 0.29) is 5.91 Å². The lowest BCUT2D eigenvalue weighted by molar-refractivity contribution is -0.122. The van der Waals surface area contributed by atoms with E-state index in [1.54, 1.807) is 25.3 Å². The maximum Gasteiger partial charge on any atom is 0.267 e. The smallest absolute Gasteiger partial charge is 0.267 e. The van der Waals surface area contributed by atoms with Gasteiger partial charge in [-0.25, -0.2) is 4.98 Å². The molecule has 2 aromatic rings. The molecule has 0 saturated heterocycles. The van der Waals surface area contributed by atoms with Crippen molar-refractivity contribution >= 4 is 11.9 Å². The molecule has 0 fully saturated rings. The van der Waals surface area contributed by atoms with Gasteiger partial charge in [0.1, 0.15) is 5.75 Å². The third-order valence-electron chi connectivity index (χ3n) is 2.37. The molecule has 1 amide bonds. The molecule has 0 aliphatic carbocycles. The molecule has 5 nitrogen and oxygen atoms in total. The number of hydrogen-bond acceptors (Lipinski definition) is 3. The lowest BCUT2D eigenvalue weighted by Crippen LogP contribution is -2.30. The molecule has 1 aromatic heterocycles. The van der Waals surface area contributed by atoms with Gasteiger partial charge in [0.15, 0.2) is 6.10 Å². The molecule has 1 heterocycles. The van der Waals surface area contributed by atoms with Gasteiger partial charge in [0.25, 0.3) is 5.91 Å². The van der Waals surface area contributed by atoms with Crippen molar-refractivity contribution in [1.29, 1.82) is 0 Å². The summed E-state index contributed by atoms with van der Waals surface area (Å²) in [6.07, 6.45) is 1.07. The first-order valence-electron chi connectivity index (χ1n) is 5.69. The summed E-state index contributed by atoms with van der Waals surface area (Å²) >= 11 is 0. The Labute approximate surface area is 105 Å². The zero-order chi connectivity index (χ0) is 13.0. The van der Waals surface area contributed by atoms with Crippen molar-refractivity contribution in [3.8, 4) is 5.75 Å². The minimum Gasteiger partial charge on any atom is -0.481 e. The van der Waals surface area contributed by atoms with E-state index in [0.717, 1.165) is 5.69 Å². The van der Waals surface area contributed by atoms with E-state index in [9.17, 15) is 4.79 Å². The molecular formula is C13H15N3O2. The van der Waals surface area contributed by atoms with Crippen LogP contribution in [0.3, 0.4) is 0 Å². The Morgan fingerprint density at radius 3 is 2.72 bits per heavy atom. The monoisotopic (exact) mass is 245 g/mol. The number of aryl methyl sites for hydroxylation is 1. The highest BCUT2D eigenvalue weighted by Gasteiger charge is 2.15. The van der Waals surface area contributed by atoms with Crippen LogP contribution in [0.1, 0.15) is 12.6 Å². The number of nitrogens with one attached hydrogen (secondary N) is 2. The summed E-state index contributed by atoms with van der Waals surface area (Å²) in [6.45, 7) is 3.56. The van der Waals surface area contributed by atoms with Crippen LogP contribution in [0.4, 0.5) is 5.95 Å². The molecular weight excluding hydrogens is 230 g/mol. The van der Waals surface area contributed by atoms with Crippen molar-refractivity contribution in [2.45, 2.75) is 20.0 Å². The zero-order valence-corrected chi connectivity index (χ0v) is 10.3. The van der Waals surface area contributed by atoms with Gasteiger partial charge in [-0.3, -0.25) is 10.1 Å². The number of carbonyl (C=O) groups excluding carboxylic acids is 1. The van der Waals surface area contributed by atoms with Crippen LogP contribution in [-0.4, -0.2) is 22.0 Å². The molecule has 0 radical (unpaired) electrons. The normalized spacial score (nSPS) is 11.9. The average molecular weight is 245 g/mol. The van der Waals surface area contributed by atoms with E-state index < -0.39 is 6.10 Å². The van der Waals surface area contributed by atoms with E-state index in [0.29, 0.717) is 11.7 Å². The fourth-order valence-electron chi connectivity index (χ4n) is 1.45. The highest BCUT2D eigenvalue weighted by molar-refractivity contribution is 5.92. The number of aromatic amines is 1. The molecule has 1 unspecified atom stereocenters. The van der Waals surface area contributed by atoms with Crippen LogP contribution in [0.15, 0.2) is 36.5 Å². The number of para-hydroxylation sites is 1. The molecule has 18 heavy (non-hydrogen) atoms. The molecule has 1 atom stereocenters. The number of hydrogen-bond donors (Lipinski definition) is 2. The number of aromatic nitrogens is 2. The third-order valence-corrected chi connectivity index (χ3v) is 2.37. The molecule has 0 saturated carbocycles. The number of rotatable bonds is 4. The van der Waals surface area contributed by atoms with Gasteiger partial charge < -0.3 is 9.72 Å². The molecule has 94 valence electrons. The van der Waals surface area contributed by atoms with E-state index >= 15 is 0 Å². The van der Waals surface area contributed by atoms with Crippen molar-refractivity contribution in [3.63, 3.8) is 0 Å². The Balaban J connectivity index is 1.93. The Hall–Kier alpha value is -2.30. The van der Waals surface area contributed by atoms with Crippen molar-refractivity contribution < 1.29 is 9.53 Å². The average Bonchev–Trinajstić information content (AvgIpc) is 2.76. The first-order chi connectivity index (χ1) is 8.65. The summed E-state index contributed by atoms with van der Waals surface area (Å²) in [5.74, 6) is 0.852. The number of imidazole rings is 1. The van der Waals surface area contributed by atoms with Crippen LogP contribution in [0.25, 0.3) is 0 Å². The van der Waals surface area contributed by atoms with Gasteiger partial charge in [0.2, 0.25) is 5.95 Å². The topological polar surface area (TPSA) is 67.0 Å². The van der Waals surface area contributed by atoms with Crippen LogP contribution < -0.4 is 10.1 Å². The van der Waals surface area contributed by atoms with Gasteiger partial charge in [-0.1, -0.05) is 18.2 Å². The lowest BCUT2D eigenvalue weighted by atomic mass is 10.3. The molecule has 0 spiro atoms. The lowest BCUT2D eigenvalue weighted by Gasteiger charge is -2.13. The first-order valence-corrected chi connectivity index (χ1v) is 5.69. The molecule has 0 aliphatic rings. The van der Waals surface area contributed by atoms with Gasteiger partial charge in [0.05, 0.1) is 0 Å². The summed E-state index contributed by atoms with van der Waals surface area (Å²) in [6, 6.07) is 9.22. The quantitative estimate of drug-likeness (QED) is 0.867. The number of benzene rings is 1. The van der Waals surface area contributed by atoms with Crippen molar-refractivity contribution in [1.82, 2.24) is 9.97 Å². The Kier molecular flexibility index (Phi) is 3.62.